The van der Waals surface area contributed by atoms with Crippen molar-refractivity contribution < 1.29 is 4.42 Å². The van der Waals surface area contributed by atoms with Crippen molar-refractivity contribution in [2.45, 2.75) is 25.8 Å². The molecule has 0 unspecified atom stereocenters. The van der Waals surface area contributed by atoms with E-state index < -0.39 is 0 Å². The van der Waals surface area contributed by atoms with E-state index in [1.165, 1.54) is 0 Å². The Labute approximate surface area is 65.9 Å². The molecule has 2 rings (SSSR count). The highest BCUT2D eigenvalue weighted by atomic mass is 16.3. The molecule has 0 saturated heterocycles. The highest BCUT2D eigenvalue weighted by Gasteiger charge is 2.15. The van der Waals surface area contributed by atoms with E-state index in [9.17, 15) is 0 Å². The molecule has 58 valence electrons. The topological polar surface area (TPSA) is 25.5 Å². The fraction of sp³-hybridized carbons (Fsp3) is 0.444. The summed E-state index contributed by atoms with van der Waals surface area (Å²) in [5.41, 5.74) is 1.13. The van der Waals surface area contributed by atoms with Crippen LogP contribution in [-0.4, -0.2) is 11.8 Å². The van der Waals surface area contributed by atoms with Crippen molar-refractivity contribution >= 4 is 5.71 Å². The third kappa shape index (κ3) is 1.20. The van der Waals surface area contributed by atoms with Crippen molar-refractivity contribution in [3.8, 4) is 0 Å². The molecule has 0 radical (unpaired) electrons. The Morgan fingerprint density at radius 3 is 3.09 bits per heavy atom. The van der Waals surface area contributed by atoms with Crippen LogP contribution in [-0.2, 0) is 0 Å². The first-order valence-electron chi connectivity index (χ1n) is 3.97. The minimum Gasteiger partial charge on any atom is -0.463 e. The molecular weight excluding hydrogens is 138 g/mol. The average Bonchev–Trinajstić information content (AvgIpc) is 2.55. The fourth-order valence-electron chi connectivity index (χ4n) is 1.37. The number of rotatable bonds is 1. The maximum Gasteiger partial charge on any atom is 0.147 e. The van der Waals surface area contributed by atoms with E-state index in [4.69, 9.17) is 4.42 Å². The number of aliphatic imine (C=N–C) groups is 1. The van der Waals surface area contributed by atoms with Crippen molar-refractivity contribution in [2.24, 2.45) is 4.99 Å². The van der Waals surface area contributed by atoms with Gasteiger partial charge in [-0.2, -0.15) is 0 Å². The first-order chi connectivity index (χ1) is 5.36. The molecule has 1 aliphatic heterocycles. The third-order valence-electron chi connectivity index (χ3n) is 1.98. The fourth-order valence-corrected chi connectivity index (χ4v) is 1.37. The highest BCUT2D eigenvalue weighted by Crippen LogP contribution is 2.17. The van der Waals surface area contributed by atoms with E-state index in [0.717, 1.165) is 24.3 Å². The summed E-state index contributed by atoms with van der Waals surface area (Å²) in [6.45, 7) is 2.13. The van der Waals surface area contributed by atoms with Crippen molar-refractivity contribution in [2.75, 3.05) is 0 Å². The van der Waals surface area contributed by atoms with E-state index in [1.54, 1.807) is 6.26 Å². The van der Waals surface area contributed by atoms with Gasteiger partial charge < -0.3 is 4.42 Å². The molecule has 0 aromatic carbocycles. The first-order valence-corrected chi connectivity index (χ1v) is 3.97. The molecule has 0 amide bonds. The van der Waals surface area contributed by atoms with Crippen LogP contribution in [0.5, 0.6) is 0 Å². The van der Waals surface area contributed by atoms with Crippen LogP contribution in [0.3, 0.4) is 0 Å². The minimum atomic E-state index is 0.482. The van der Waals surface area contributed by atoms with Gasteiger partial charge in [0.05, 0.1) is 12.0 Å². The second kappa shape index (κ2) is 2.53. The quantitative estimate of drug-likeness (QED) is 0.601. The molecule has 0 bridgehead atoms. The largest absolute Gasteiger partial charge is 0.463 e. The molecule has 2 heterocycles. The van der Waals surface area contributed by atoms with E-state index in [2.05, 4.69) is 11.9 Å². The van der Waals surface area contributed by atoms with Gasteiger partial charge in [-0.25, -0.2) is 0 Å². The molecule has 2 nitrogen and oxygen atoms in total. The smallest absolute Gasteiger partial charge is 0.147 e. The van der Waals surface area contributed by atoms with Crippen LogP contribution in [0.1, 0.15) is 25.5 Å². The standard InChI is InChI=1S/C9H11NO/c1-7-4-5-8(10-7)9-3-2-6-11-9/h2-3,6-7H,4-5H2,1H3/t7-/m0/s1. The van der Waals surface area contributed by atoms with Crippen LogP contribution in [0.15, 0.2) is 27.8 Å². The lowest BCUT2D eigenvalue weighted by atomic mass is 10.2. The summed E-state index contributed by atoms with van der Waals surface area (Å²) in [5.74, 6) is 0.939. The zero-order valence-corrected chi connectivity index (χ0v) is 6.58. The van der Waals surface area contributed by atoms with E-state index in [1.807, 2.05) is 12.1 Å². The molecule has 0 aliphatic carbocycles. The zero-order chi connectivity index (χ0) is 7.68. The number of hydrogen-bond acceptors (Lipinski definition) is 2. The predicted molar refractivity (Wildman–Crippen MR) is 43.9 cm³/mol. The van der Waals surface area contributed by atoms with Gasteiger partial charge in [0.2, 0.25) is 0 Å². The highest BCUT2D eigenvalue weighted by molar-refractivity contribution is 5.99. The van der Waals surface area contributed by atoms with Gasteiger partial charge in [-0.3, -0.25) is 4.99 Å². The zero-order valence-electron chi connectivity index (χ0n) is 6.58. The molecule has 1 aromatic heterocycles. The van der Waals surface area contributed by atoms with Crippen LogP contribution in [0.4, 0.5) is 0 Å². The molecule has 0 fully saturated rings. The second-order valence-electron chi connectivity index (χ2n) is 2.94. The average molecular weight is 149 g/mol. The monoisotopic (exact) mass is 149 g/mol. The SMILES string of the molecule is C[C@H]1CCC(c2ccco2)=N1. The van der Waals surface area contributed by atoms with E-state index in [-0.39, 0.29) is 0 Å². The van der Waals surface area contributed by atoms with Gasteiger partial charge in [-0.15, -0.1) is 0 Å². The molecule has 0 saturated carbocycles. The van der Waals surface area contributed by atoms with E-state index >= 15 is 0 Å². The molecular formula is C9H11NO. The van der Waals surface area contributed by atoms with Crippen LogP contribution >= 0.6 is 0 Å². The lowest BCUT2D eigenvalue weighted by Gasteiger charge is -1.91. The molecule has 0 N–H and O–H groups in total. The van der Waals surface area contributed by atoms with Crippen molar-refractivity contribution in [3.05, 3.63) is 24.2 Å². The lowest BCUT2D eigenvalue weighted by molar-refractivity contribution is 0.556. The number of furan rings is 1. The summed E-state index contributed by atoms with van der Waals surface area (Å²) in [7, 11) is 0. The van der Waals surface area contributed by atoms with Crippen LogP contribution in [0.2, 0.25) is 0 Å². The Morgan fingerprint density at radius 1 is 1.64 bits per heavy atom. The molecule has 1 aromatic rings. The summed E-state index contributed by atoms with van der Waals surface area (Å²) in [6, 6.07) is 4.35. The third-order valence-corrected chi connectivity index (χ3v) is 1.98. The first kappa shape index (κ1) is 6.65. The molecule has 11 heavy (non-hydrogen) atoms. The molecule has 1 aliphatic rings. The van der Waals surface area contributed by atoms with Gasteiger partial charge in [0.25, 0.3) is 0 Å². The van der Waals surface area contributed by atoms with Gasteiger partial charge in [-0.05, 0) is 31.9 Å². The lowest BCUT2D eigenvalue weighted by Crippen LogP contribution is -1.91. The predicted octanol–water partition coefficient (Wildman–Crippen LogP) is 2.25. The Morgan fingerprint density at radius 2 is 2.55 bits per heavy atom. The Kier molecular flexibility index (Phi) is 1.53. The number of nitrogens with zero attached hydrogens (tertiary/aromatic N) is 1. The van der Waals surface area contributed by atoms with Crippen molar-refractivity contribution in [1.29, 1.82) is 0 Å². The van der Waals surface area contributed by atoms with Gasteiger partial charge in [0.15, 0.2) is 0 Å². The Bertz CT molecular complexity index is 261. The van der Waals surface area contributed by atoms with E-state index in [0.29, 0.717) is 6.04 Å². The molecule has 1 atom stereocenters. The summed E-state index contributed by atoms with van der Waals surface area (Å²) >= 11 is 0. The summed E-state index contributed by atoms with van der Waals surface area (Å²) in [5, 5.41) is 0. The second-order valence-corrected chi connectivity index (χ2v) is 2.94. The van der Waals surface area contributed by atoms with Crippen LogP contribution in [0.25, 0.3) is 0 Å². The van der Waals surface area contributed by atoms with Crippen LogP contribution < -0.4 is 0 Å². The molecule has 0 spiro atoms. The van der Waals surface area contributed by atoms with Gasteiger partial charge in [-0.1, -0.05) is 0 Å². The van der Waals surface area contributed by atoms with Crippen molar-refractivity contribution in [1.82, 2.24) is 0 Å². The van der Waals surface area contributed by atoms with Gasteiger partial charge in [0.1, 0.15) is 5.76 Å². The molecule has 2 heteroatoms. The number of hydrogen-bond donors (Lipinski definition) is 0. The Balaban J connectivity index is 2.25. The maximum atomic E-state index is 5.23. The normalized spacial score (nSPS) is 23.7. The summed E-state index contributed by atoms with van der Waals surface area (Å²) < 4.78 is 5.23. The minimum absolute atomic E-state index is 0.482. The maximum absolute atomic E-state index is 5.23. The summed E-state index contributed by atoms with van der Waals surface area (Å²) in [6.07, 6.45) is 3.92. The van der Waals surface area contributed by atoms with Crippen molar-refractivity contribution in [3.63, 3.8) is 0 Å². The van der Waals surface area contributed by atoms with Gasteiger partial charge in [0, 0.05) is 6.04 Å². The van der Waals surface area contributed by atoms with Gasteiger partial charge >= 0.3 is 0 Å². The summed E-state index contributed by atoms with van der Waals surface area (Å²) in [4.78, 5) is 4.45. The Hall–Kier alpha value is -1.05. The van der Waals surface area contributed by atoms with Crippen LogP contribution in [0, 0.1) is 0 Å².